The Labute approximate surface area is 159 Å². The van der Waals surface area contributed by atoms with Gasteiger partial charge in [0.2, 0.25) is 0 Å². The van der Waals surface area contributed by atoms with Gasteiger partial charge in [-0.15, -0.1) is 0 Å². The van der Waals surface area contributed by atoms with Crippen molar-refractivity contribution in [3.8, 4) is 0 Å². The lowest BCUT2D eigenvalue weighted by atomic mass is 10.2. The highest BCUT2D eigenvalue weighted by Gasteiger charge is 2.20. The normalized spacial score (nSPS) is 12.3. The number of carbonyl (C=O) groups excluding carboxylic acids is 1. The lowest BCUT2D eigenvalue weighted by Crippen LogP contribution is -2.22. The molecule has 0 unspecified atom stereocenters. The number of esters is 1. The summed E-state index contributed by atoms with van der Waals surface area (Å²) in [5.41, 5.74) is 1.68. The molecule has 0 amide bonds. The van der Waals surface area contributed by atoms with Gasteiger partial charge in [-0.2, -0.15) is 5.10 Å². The Morgan fingerprint density at radius 1 is 1.23 bits per heavy atom. The van der Waals surface area contributed by atoms with Gasteiger partial charge in [0.05, 0.1) is 18.7 Å². The molecule has 0 aliphatic rings. The second-order valence-electron chi connectivity index (χ2n) is 5.69. The second-order valence-corrected chi connectivity index (χ2v) is 6.54. The third-order valence-corrected chi connectivity index (χ3v) is 4.39. The Morgan fingerprint density at radius 2 is 2.00 bits per heavy atom. The fourth-order valence-electron chi connectivity index (χ4n) is 2.50. The van der Waals surface area contributed by atoms with Crippen LogP contribution in [-0.4, -0.2) is 45.3 Å². The van der Waals surface area contributed by atoms with Crippen molar-refractivity contribution >= 4 is 40.1 Å². The van der Waals surface area contributed by atoms with Crippen molar-refractivity contribution in [2.45, 2.75) is 12.6 Å². The number of nitrogens with zero attached hydrogens (tertiary/aromatic N) is 2. The molecular formula is C18H16Cl2N2O4. The Bertz CT molecular complexity index is 942. The predicted molar refractivity (Wildman–Crippen MR) is 98.7 cm³/mol. The highest BCUT2D eigenvalue weighted by molar-refractivity contribution is 6.35. The number of benzene rings is 2. The van der Waals surface area contributed by atoms with E-state index in [1.807, 2.05) is 12.1 Å². The van der Waals surface area contributed by atoms with Gasteiger partial charge < -0.3 is 14.9 Å². The van der Waals surface area contributed by atoms with E-state index in [2.05, 4.69) is 5.10 Å². The van der Waals surface area contributed by atoms with Gasteiger partial charge in [0.15, 0.2) is 5.69 Å². The number of ether oxygens (including phenoxy) is 1. The molecule has 6 nitrogen and oxygen atoms in total. The molecule has 0 spiro atoms. The molecule has 0 saturated heterocycles. The summed E-state index contributed by atoms with van der Waals surface area (Å²) in [5, 5.41) is 24.2. The Kier molecular flexibility index (Phi) is 5.78. The van der Waals surface area contributed by atoms with Crippen molar-refractivity contribution in [3.63, 3.8) is 0 Å². The zero-order valence-corrected chi connectivity index (χ0v) is 15.1. The van der Waals surface area contributed by atoms with E-state index < -0.39 is 18.7 Å². The standard InChI is InChI=1S/C18H16Cl2N2O4/c19-12-6-5-11(15(20)7-12)8-22-16-4-2-1-3-14(16)17(21-22)18(25)26-10-13(24)9-23/h1-7,13,23-24H,8-10H2/t13-/m1/s1. The van der Waals surface area contributed by atoms with Gasteiger partial charge in [-0.3, -0.25) is 4.68 Å². The summed E-state index contributed by atoms with van der Waals surface area (Å²) in [6.45, 7) is -0.444. The summed E-state index contributed by atoms with van der Waals surface area (Å²) in [4.78, 5) is 12.3. The smallest absolute Gasteiger partial charge is 0.359 e. The lowest BCUT2D eigenvalue weighted by molar-refractivity contribution is 0.00897. The third kappa shape index (κ3) is 3.99. The SMILES string of the molecule is O=C(OC[C@H](O)CO)c1nn(Cc2ccc(Cl)cc2Cl)c2ccccc12. The maximum Gasteiger partial charge on any atom is 0.359 e. The molecule has 1 heterocycles. The Hall–Kier alpha value is -2.12. The maximum atomic E-state index is 12.3. The zero-order chi connectivity index (χ0) is 18.7. The number of carbonyl (C=O) groups is 1. The van der Waals surface area contributed by atoms with Crippen LogP contribution in [0.15, 0.2) is 42.5 Å². The van der Waals surface area contributed by atoms with Crippen LogP contribution in [-0.2, 0) is 11.3 Å². The van der Waals surface area contributed by atoms with Gasteiger partial charge in [-0.05, 0) is 23.8 Å². The summed E-state index contributed by atoms with van der Waals surface area (Å²) in [7, 11) is 0. The maximum absolute atomic E-state index is 12.3. The number of rotatable bonds is 6. The van der Waals surface area contributed by atoms with Gasteiger partial charge >= 0.3 is 5.97 Å². The van der Waals surface area contributed by atoms with Gasteiger partial charge in [-0.25, -0.2) is 4.79 Å². The van der Waals surface area contributed by atoms with E-state index in [-0.39, 0.29) is 12.3 Å². The minimum Gasteiger partial charge on any atom is -0.458 e. The number of aliphatic hydroxyl groups excluding tert-OH is 2. The molecule has 3 aromatic rings. The van der Waals surface area contributed by atoms with E-state index in [1.54, 1.807) is 35.0 Å². The number of hydrogen-bond acceptors (Lipinski definition) is 5. The van der Waals surface area contributed by atoms with Gasteiger partial charge in [0.1, 0.15) is 12.7 Å². The molecule has 136 valence electrons. The predicted octanol–water partition coefficient (Wildman–Crippen LogP) is 2.90. The zero-order valence-electron chi connectivity index (χ0n) is 13.6. The lowest BCUT2D eigenvalue weighted by Gasteiger charge is -2.07. The largest absolute Gasteiger partial charge is 0.458 e. The number of aromatic nitrogens is 2. The van der Waals surface area contributed by atoms with Crippen LogP contribution in [0.4, 0.5) is 0 Å². The molecule has 2 N–H and O–H groups in total. The molecule has 0 bridgehead atoms. The molecule has 0 aliphatic heterocycles. The molecule has 0 saturated carbocycles. The minimum atomic E-state index is -1.12. The molecule has 1 atom stereocenters. The van der Waals surface area contributed by atoms with E-state index >= 15 is 0 Å². The minimum absolute atomic E-state index is 0.135. The Balaban J connectivity index is 1.93. The first-order valence-corrected chi connectivity index (χ1v) is 8.60. The molecule has 1 aromatic heterocycles. The van der Waals surface area contributed by atoms with Crippen LogP contribution >= 0.6 is 23.2 Å². The van der Waals surface area contributed by atoms with Crippen LogP contribution in [0, 0.1) is 0 Å². The molecule has 2 aromatic carbocycles. The monoisotopic (exact) mass is 394 g/mol. The molecule has 8 heteroatoms. The summed E-state index contributed by atoms with van der Waals surface area (Å²) in [5.74, 6) is -0.672. The molecule has 0 fully saturated rings. The van der Waals surface area contributed by atoms with Gasteiger partial charge in [0, 0.05) is 15.4 Å². The van der Waals surface area contributed by atoms with Gasteiger partial charge in [-0.1, -0.05) is 47.5 Å². The summed E-state index contributed by atoms with van der Waals surface area (Å²) >= 11 is 12.2. The van der Waals surface area contributed by atoms with Crippen molar-refractivity contribution in [3.05, 3.63) is 63.8 Å². The van der Waals surface area contributed by atoms with Crippen LogP contribution in [0.1, 0.15) is 16.1 Å². The van der Waals surface area contributed by atoms with Crippen molar-refractivity contribution < 1.29 is 19.7 Å². The highest BCUT2D eigenvalue weighted by atomic mass is 35.5. The number of halogens is 2. The van der Waals surface area contributed by atoms with Gasteiger partial charge in [0.25, 0.3) is 0 Å². The number of hydrogen-bond donors (Lipinski definition) is 2. The summed E-state index contributed by atoms with van der Waals surface area (Å²) < 4.78 is 6.68. The second kappa shape index (κ2) is 8.05. The van der Waals surface area contributed by atoms with Crippen LogP contribution < -0.4 is 0 Å². The van der Waals surface area contributed by atoms with Crippen molar-refractivity contribution in [1.29, 1.82) is 0 Å². The molecule has 0 aliphatic carbocycles. The average Bonchev–Trinajstić information content (AvgIpc) is 3.00. The third-order valence-electron chi connectivity index (χ3n) is 3.80. The first-order valence-electron chi connectivity index (χ1n) is 7.85. The average molecular weight is 395 g/mol. The number of para-hydroxylation sites is 1. The number of aliphatic hydroxyl groups is 2. The topological polar surface area (TPSA) is 84.6 Å². The first kappa shape index (κ1) is 18.7. The van der Waals surface area contributed by atoms with Crippen molar-refractivity contribution in [2.75, 3.05) is 13.2 Å². The molecule has 0 radical (unpaired) electrons. The van der Waals surface area contributed by atoms with E-state index in [0.29, 0.717) is 22.0 Å². The van der Waals surface area contributed by atoms with E-state index in [0.717, 1.165) is 11.1 Å². The first-order chi connectivity index (χ1) is 12.5. The molecular weight excluding hydrogens is 379 g/mol. The summed E-state index contributed by atoms with van der Waals surface area (Å²) in [6.07, 6.45) is -1.12. The molecule has 26 heavy (non-hydrogen) atoms. The highest BCUT2D eigenvalue weighted by Crippen LogP contribution is 2.25. The Morgan fingerprint density at radius 3 is 2.73 bits per heavy atom. The van der Waals surface area contributed by atoms with Crippen LogP contribution in [0.3, 0.4) is 0 Å². The van der Waals surface area contributed by atoms with Crippen molar-refractivity contribution in [1.82, 2.24) is 9.78 Å². The quantitative estimate of drug-likeness (QED) is 0.627. The van der Waals surface area contributed by atoms with Crippen LogP contribution in [0.5, 0.6) is 0 Å². The van der Waals surface area contributed by atoms with E-state index in [1.165, 1.54) is 0 Å². The van der Waals surface area contributed by atoms with E-state index in [4.69, 9.17) is 33.0 Å². The summed E-state index contributed by atoms with van der Waals surface area (Å²) in [6, 6.07) is 12.4. The molecule has 3 rings (SSSR count). The fraction of sp³-hybridized carbons (Fsp3) is 0.222. The van der Waals surface area contributed by atoms with E-state index in [9.17, 15) is 9.90 Å². The fourth-order valence-corrected chi connectivity index (χ4v) is 2.97. The number of fused-ring (bicyclic) bond motifs is 1. The van der Waals surface area contributed by atoms with Crippen LogP contribution in [0.2, 0.25) is 10.0 Å². The van der Waals surface area contributed by atoms with Crippen molar-refractivity contribution in [2.24, 2.45) is 0 Å². The van der Waals surface area contributed by atoms with Crippen LogP contribution in [0.25, 0.3) is 10.9 Å².